The molecule has 1 fully saturated rings. The average Bonchev–Trinajstić information content (AvgIpc) is 2.40. The van der Waals surface area contributed by atoms with Crippen molar-refractivity contribution in [1.82, 2.24) is 14.8 Å². The monoisotopic (exact) mass is 265 g/mol. The third-order valence-corrected chi connectivity index (χ3v) is 3.71. The SMILES string of the molecule is CC1CN(CCC(=O)c2ccc(F)cn2)CCN1C. The highest BCUT2D eigenvalue weighted by molar-refractivity contribution is 5.94. The lowest BCUT2D eigenvalue weighted by atomic mass is 10.1. The number of aromatic nitrogens is 1. The van der Waals surface area contributed by atoms with Crippen LogP contribution in [-0.2, 0) is 0 Å². The number of rotatable bonds is 4. The maximum Gasteiger partial charge on any atom is 0.182 e. The van der Waals surface area contributed by atoms with Crippen LogP contribution in [0.15, 0.2) is 18.3 Å². The number of likely N-dealkylation sites (N-methyl/N-ethyl adjacent to an activating group) is 1. The number of pyridine rings is 1. The Morgan fingerprint density at radius 3 is 2.89 bits per heavy atom. The minimum atomic E-state index is -0.413. The van der Waals surface area contributed by atoms with E-state index < -0.39 is 5.82 Å². The fraction of sp³-hybridized carbons (Fsp3) is 0.571. The van der Waals surface area contributed by atoms with E-state index in [1.807, 2.05) is 0 Å². The molecule has 5 heteroatoms. The number of hydrogen-bond acceptors (Lipinski definition) is 4. The van der Waals surface area contributed by atoms with E-state index in [9.17, 15) is 9.18 Å². The first kappa shape index (κ1) is 14.1. The Morgan fingerprint density at radius 1 is 1.47 bits per heavy atom. The predicted molar refractivity (Wildman–Crippen MR) is 71.7 cm³/mol. The van der Waals surface area contributed by atoms with Gasteiger partial charge in [0, 0.05) is 38.6 Å². The quantitative estimate of drug-likeness (QED) is 0.772. The summed E-state index contributed by atoms with van der Waals surface area (Å²) in [5.74, 6) is -0.434. The lowest BCUT2D eigenvalue weighted by molar-refractivity contribution is 0.0869. The van der Waals surface area contributed by atoms with Crippen LogP contribution in [0.4, 0.5) is 4.39 Å². The molecule has 19 heavy (non-hydrogen) atoms. The van der Waals surface area contributed by atoms with E-state index in [0.717, 1.165) is 32.4 Å². The highest BCUT2D eigenvalue weighted by Gasteiger charge is 2.21. The van der Waals surface area contributed by atoms with Crippen molar-refractivity contribution >= 4 is 5.78 Å². The number of carbonyl (C=O) groups is 1. The van der Waals surface area contributed by atoms with E-state index in [0.29, 0.717) is 18.2 Å². The Kier molecular flexibility index (Phi) is 4.61. The van der Waals surface area contributed by atoms with Crippen LogP contribution in [0.25, 0.3) is 0 Å². The van der Waals surface area contributed by atoms with E-state index in [1.165, 1.54) is 12.1 Å². The summed E-state index contributed by atoms with van der Waals surface area (Å²) in [6.07, 6.45) is 1.53. The third-order valence-electron chi connectivity index (χ3n) is 3.71. The highest BCUT2D eigenvalue weighted by atomic mass is 19.1. The first-order chi connectivity index (χ1) is 9.06. The number of carbonyl (C=O) groups excluding carboxylic acids is 1. The molecular formula is C14H20FN3O. The van der Waals surface area contributed by atoms with Crippen molar-refractivity contribution in [1.29, 1.82) is 0 Å². The van der Waals surface area contributed by atoms with Crippen LogP contribution >= 0.6 is 0 Å². The molecule has 0 saturated carbocycles. The van der Waals surface area contributed by atoms with Gasteiger partial charge in [-0.15, -0.1) is 0 Å². The lowest BCUT2D eigenvalue weighted by Crippen LogP contribution is -2.50. The van der Waals surface area contributed by atoms with Crippen LogP contribution in [0.5, 0.6) is 0 Å². The Hall–Kier alpha value is -1.33. The van der Waals surface area contributed by atoms with Crippen molar-refractivity contribution in [2.45, 2.75) is 19.4 Å². The number of ketones is 1. The molecule has 1 atom stereocenters. The molecule has 1 aliphatic heterocycles. The third kappa shape index (κ3) is 3.81. The van der Waals surface area contributed by atoms with Crippen molar-refractivity contribution in [3.05, 3.63) is 29.8 Å². The van der Waals surface area contributed by atoms with Gasteiger partial charge in [-0.3, -0.25) is 9.78 Å². The van der Waals surface area contributed by atoms with Gasteiger partial charge in [-0.05, 0) is 26.1 Å². The molecule has 0 bridgehead atoms. The standard InChI is InChI=1S/C14H20FN3O/c1-11-10-18(8-7-17(11)2)6-5-14(19)13-4-3-12(15)9-16-13/h3-4,9,11H,5-8,10H2,1-2H3. The highest BCUT2D eigenvalue weighted by Crippen LogP contribution is 2.09. The number of nitrogens with zero attached hydrogens (tertiary/aromatic N) is 3. The maximum absolute atomic E-state index is 12.7. The van der Waals surface area contributed by atoms with Gasteiger partial charge in [0.2, 0.25) is 0 Å². The smallest absolute Gasteiger partial charge is 0.182 e. The van der Waals surface area contributed by atoms with E-state index in [-0.39, 0.29) is 5.78 Å². The van der Waals surface area contributed by atoms with E-state index >= 15 is 0 Å². The van der Waals surface area contributed by atoms with Gasteiger partial charge in [0.05, 0.1) is 6.20 Å². The molecule has 1 aromatic heterocycles. The normalized spacial score (nSPS) is 21.5. The predicted octanol–water partition coefficient (Wildman–Crippen LogP) is 1.43. The summed E-state index contributed by atoms with van der Waals surface area (Å²) >= 11 is 0. The zero-order chi connectivity index (χ0) is 13.8. The topological polar surface area (TPSA) is 36.4 Å². The number of Topliss-reactive ketones (excluding diaryl/α,β-unsaturated/α-hetero) is 1. The van der Waals surface area contributed by atoms with Crippen LogP contribution in [0.2, 0.25) is 0 Å². The summed E-state index contributed by atoms with van der Waals surface area (Å²) in [5, 5.41) is 0. The Labute approximate surface area is 113 Å². The van der Waals surface area contributed by atoms with Crippen molar-refractivity contribution in [3.63, 3.8) is 0 Å². The lowest BCUT2D eigenvalue weighted by Gasteiger charge is -2.37. The molecule has 2 heterocycles. The van der Waals surface area contributed by atoms with Crippen LogP contribution in [-0.4, -0.2) is 59.8 Å². The summed E-state index contributed by atoms with van der Waals surface area (Å²) in [6.45, 7) is 5.95. The van der Waals surface area contributed by atoms with E-state index in [1.54, 1.807) is 0 Å². The molecule has 0 amide bonds. The fourth-order valence-corrected chi connectivity index (χ4v) is 2.26. The van der Waals surface area contributed by atoms with Gasteiger partial charge >= 0.3 is 0 Å². The number of halogens is 1. The molecule has 104 valence electrons. The van der Waals surface area contributed by atoms with Gasteiger partial charge in [0.1, 0.15) is 11.5 Å². The van der Waals surface area contributed by atoms with E-state index in [4.69, 9.17) is 0 Å². The maximum atomic E-state index is 12.7. The second kappa shape index (κ2) is 6.21. The Morgan fingerprint density at radius 2 is 2.26 bits per heavy atom. The molecule has 0 radical (unpaired) electrons. The van der Waals surface area contributed by atoms with Gasteiger partial charge in [0.15, 0.2) is 5.78 Å². The van der Waals surface area contributed by atoms with Gasteiger partial charge in [0.25, 0.3) is 0 Å². The summed E-state index contributed by atoms with van der Waals surface area (Å²) in [4.78, 5) is 20.4. The molecular weight excluding hydrogens is 245 g/mol. The summed E-state index contributed by atoms with van der Waals surface area (Å²) in [6, 6.07) is 3.25. The number of piperazine rings is 1. The summed E-state index contributed by atoms with van der Waals surface area (Å²) < 4.78 is 12.7. The first-order valence-electron chi connectivity index (χ1n) is 6.63. The van der Waals surface area contributed by atoms with Gasteiger partial charge in [-0.1, -0.05) is 0 Å². The van der Waals surface area contributed by atoms with Crippen molar-refractivity contribution in [2.75, 3.05) is 33.2 Å². The Bertz CT molecular complexity index is 435. The molecule has 0 spiro atoms. The molecule has 1 aliphatic rings. The minimum Gasteiger partial charge on any atom is -0.301 e. The summed E-state index contributed by atoms with van der Waals surface area (Å²) in [7, 11) is 2.12. The second-order valence-electron chi connectivity index (χ2n) is 5.17. The van der Waals surface area contributed by atoms with Crippen LogP contribution in [0.1, 0.15) is 23.8 Å². The minimum absolute atomic E-state index is 0.0217. The zero-order valence-corrected chi connectivity index (χ0v) is 11.5. The molecule has 1 unspecified atom stereocenters. The van der Waals surface area contributed by atoms with Gasteiger partial charge in [-0.2, -0.15) is 0 Å². The molecule has 0 aromatic carbocycles. The molecule has 1 aromatic rings. The average molecular weight is 265 g/mol. The number of hydrogen-bond donors (Lipinski definition) is 0. The zero-order valence-electron chi connectivity index (χ0n) is 11.5. The first-order valence-corrected chi connectivity index (χ1v) is 6.63. The molecule has 1 saturated heterocycles. The van der Waals surface area contributed by atoms with E-state index in [2.05, 4.69) is 28.8 Å². The van der Waals surface area contributed by atoms with Crippen molar-refractivity contribution < 1.29 is 9.18 Å². The van der Waals surface area contributed by atoms with Gasteiger partial charge in [-0.25, -0.2) is 4.39 Å². The summed E-state index contributed by atoms with van der Waals surface area (Å²) in [5.41, 5.74) is 0.351. The second-order valence-corrected chi connectivity index (χ2v) is 5.17. The molecule has 0 aliphatic carbocycles. The van der Waals surface area contributed by atoms with Gasteiger partial charge < -0.3 is 9.80 Å². The van der Waals surface area contributed by atoms with Crippen molar-refractivity contribution in [3.8, 4) is 0 Å². The fourth-order valence-electron chi connectivity index (χ4n) is 2.26. The van der Waals surface area contributed by atoms with Crippen molar-refractivity contribution in [2.24, 2.45) is 0 Å². The van der Waals surface area contributed by atoms with Crippen LogP contribution < -0.4 is 0 Å². The van der Waals surface area contributed by atoms with Crippen LogP contribution in [0.3, 0.4) is 0 Å². The van der Waals surface area contributed by atoms with Crippen LogP contribution in [0, 0.1) is 5.82 Å². The largest absolute Gasteiger partial charge is 0.301 e. The Balaban J connectivity index is 1.82. The molecule has 2 rings (SSSR count). The molecule has 0 N–H and O–H groups in total. The molecule has 4 nitrogen and oxygen atoms in total.